The quantitative estimate of drug-likeness (QED) is 0.0690. The van der Waals surface area contributed by atoms with Gasteiger partial charge in [-0.25, -0.2) is 4.79 Å². The number of phenols is 2. The van der Waals surface area contributed by atoms with Gasteiger partial charge in [-0.3, -0.25) is 33.1 Å². The number of amides is 2. The summed E-state index contributed by atoms with van der Waals surface area (Å²) in [5.74, 6) is -10.4. The predicted molar refractivity (Wildman–Crippen MR) is 234 cm³/mol. The van der Waals surface area contributed by atoms with Crippen LogP contribution in [-0.4, -0.2) is 77.2 Å². The van der Waals surface area contributed by atoms with Crippen molar-refractivity contribution in [3.63, 3.8) is 0 Å². The third-order valence-electron chi connectivity index (χ3n) is 11.0. The number of phenolic OH excluding ortho intramolecular Hbond substituents is 2. The van der Waals surface area contributed by atoms with Crippen LogP contribution in [0.5, 0.6) is 11.5 Å². The van der Waals surface area contributed by atoms with Crippen LogP contribution in [0.25, 0.3) is 21.8 Å². The Morgan fingerprint density at radius 2 is 0.952 bits per heavy atom. The molecule has 6 rings (SSSR count). The van der Waals surface area contributed by atoms with E-state index in [1.807, 2.05) is 0 Å². The van der Waals surface area contributed by atoms with Crippen molar-refractivity contribution in [3.05, 3.63) is 127 Å². The molecular weight excluding hydrogens is 886 g/mol. The van der Waals surface area contributed by atoms with Crippen molar-refractivity contribution >= 4 is 104 Å². The smallest absolute Gasteiger partial charge is 0.328 e. The molecule has 2 amide bonds. The summed E-state index contributed by atoms with van der Waals surface area (Å²) in [5.41, 5.74) is 2.00. The molecule has 0 fully saturated rings. The Morgan fingerprint density at radius 3 is 1.32 bits per heavy atom. The number of fused-ring (bicyclic) bond motifs is 2. The molecule has 62 heavy (non-hydrogen) atoms. The van der Waals surface area contributed by atoms with E-state index in [2.05, 4.69) is 10.6 Å². The molecule has 2 heterocycles. The summed E-state index contributed by atoms with van der Waals surface area (Å²) in [5, 5.41) is 47.8. The van der Waals surface area contributed by atoms with Crippen LogP contribution in [-0.2, 0) is 19.2 Å². The Labute approximate surface area is 373 Å². The molecule has 0 aliphatic heterocycles. The molecule has 18 heteroatoms. The van der Waals surface area contributed by atoms with Crippen molar-refractivity contribution in [3.8, 4) is 11.5 Å². The van der Waals surface area contributed by atoms with Gasteiger partial charge in [-0.05, 0) is 119 Å². The number of hydrogen-bond donors (Lipinski definition) is 6. The fraction of sp³-hybridized carbons (Fsp3) is 0.227. The number of halogens is 4. The summed E-state index contributed by atoms with van der Waals surface area (Å²) in [6.45, 7) is 7.21. The molecule has 0 aliphatic rings. The van der Waals surface area contributed by atoms with Gasteiger partial charge in [0.25, 0.3) is 11.8 Å². The summed E-state index contributed by atoms with van der Waals surface area (Å²) in [4.78, 5) is 81.7. The van der Waals surface area contributed by atoms with Gasteiger partial charge in [0.1, 0.15) is 17.5 Å². The number of carboxylic acid groups (broad SMARTS) is 2. The topological polar surface area (TPSA) is 217 Å². The number of aromatic nitrogens is 2. The molecule has 2 aromatic heterocycles. The van der Waals surface area contributed by atoms with Gasteiger partial charge in [-0.15, -0.1) is 0 Å². The zero-order chi connectivity index (χ0) is 45.6. The van der Waals surface area contributed by atoms with Gasteiger partial charge >= 0.3 is 11.9 Å². The highest BCUT2D eigenvalue weighted by Crippen LogP contribution is 2.37. The molecular formula is C44H38Cl4N4O10. The average Bonchev–Trinajstić information content (AvgIpc) is 3.67. The third-order valence-corrected chi connectivity index (χ3v) is 12.5. The molecule has 0 saturated heterocycles. The van der Waals surface area contributed by atoms with Crippen LogP contribution >= 0.6 is 46.4 Å². The van der Waals surface area contributed by atoms with E-state index in [0.717, 1.165) is 0 Å². The normalized spacial score (nSPS) is 13.9. The number of carbonyl (C=O) groups excluding carboxylic acids is 4. The monoisotopic (exact) mass is 922 g/mol. The Bertz CT molecular complexity index is 2870. The Hall–Kier alpha value is -6.06. The minimum absolute atomic E-state index is 0.125. The van der Waals surface area contributed by atoms with Crippen molar-refractivity contribution in [2.75, 3.05) is 0 Å². The summed E-state index contributed by atoms with van der Waals surface area (Å²) in [6.07, 6.45) is 0. The van der Waals surface area contributed by atoms with Crippen molar-refractivity contribution in [2.45, 2.75) is 58.5 Å². The fourth-order valence-electron chi connectivity index (χ4n) is 7.78. The molecule has 0 spiro atoms. The van der Waals surface area contributed by atoms with E-state index in [1.54, 1.807) is 13.8 Å². The molecule has 0 aliphatic carbocycles. The van der Waals surface area contributed by atoms with Crippen LogP contribution in [0.4, 0.5) is 0 Å². The predicted octanol–water partition coefficient (Wildman–Crippen LogP) is 8.30. The summed E-state index contributed by atoms with van der Waals surface area (Å²) in [7, 11) is 0. The van der Waals surface area contributed by atoms with E-state index >= 15 is 0 Å². The van der Waals surface area contributed by atoms with Crippen LogP contribution in [0.15, 0.2) is 72.8 Å². The van der Waals surface area contributed by atoms with Crippen LogP contribution in [0.3, 0.4) is 0 Å². The lowest BCUT2D eigenvalue weighted by Gasteiger charge is -2.30. The van der Waals surface area contributed by atoms with Gasteiger partial charge in [-0.2, -0.15) is 0 Å². The zero-order valence-electron chi connectivity index (χ0n) is 33.5. The molecule has 6 N–H and O–H groups in total. The highest BCUT2D eigenvalue weighted by Gasteiger charge is 2.41. The average molecular weight is 925 g/mol. The summed E-state index contributed by atoms with van der Waals surface area (Å²) >= 11 is 24.6. The van der Waals surface area contributed by atoms with E-state index in [-0.39, 0.29) is 65.2 Å². The second-order valence-electron chi connectivity index (χ2n) is 14.9. The molecule has 4 aromatic carbocycles. The number of hydrogen-bond acceptors (Lipinski definition) is 8. The molecule has 0 saturated carbocycles. The number of aliphatic carboxylic acids is 2. The molecule has 5 atom stereocenters. The molecule has 3 unspecified atom stereocenters. The first-order valence-corrected chi connectivity index (χ1v) is 20.4. The second kappa shape index (κ2) is 17.7. The van der Waals surface area contributed by atoms with Gasteiger partial charge in [0.2, 0.25) is 11.8 Å². The maximum Gasteiger partial charge on any atom is 0.328 e. The van der Waals surface area contributed by atoms with Crippen LogP contribution in [0.2, 0.25) is 20.1 Å². The lowest BCUT2D eigenvalue weighted by Crippen LogP contribution is -2.60. The lowest BCUT2D eigenvalue weighted by atomic mass is 9.91. The van der Waals surface area contributed by atoms with Crippen molar-refractivity contribution < 1.29 is 49.2 Å². The van der Waals surface area contributed by atoms with E-state index < -0.39 is 65.4 Å². The van der Waals surface area contributed by atoms with E-state index in [0.29, 0.717) is 21.8 Å². The highest BCUT2D eigenvalue weighted by atomic mass is 35.5. The van der Waals surface area contributed by atoms with E-state index in [1.165, 1.54) is 103 Å². The Kier molecular flexibility index (Phi) is 13.0. The zero-order valence-corrected chi connectivity index (χ0v) is 36.5. The van der Waals surface area contributed by atoms with Crippen LogP contribution in [0, 0.1) is 19.8 Å². The number of rotatable bonds is 12. The molecule has 6 aromatic rings. The van der Waals surface area contributed by atoms with Crippen molar-refractivity contribution in [1.82, 2.24) is 19.8 Å². The molecule has 0 bridgehead atoms. The van der Waals surface area contributed by atoms with Crippen LogP contribution < -0.4 is 10.6 Å². The standard InChI is InChI=1S/C44H38Cl4N4O10/c1-18(35-21(4)51(33-12-8-25(53)16-27(33)35)41(57)23-6-10-29(45)31(47)14-23)39(55)49-37(20(3)43(59)60)38(44(61)62)50-40(56)19(2)36-22(5)52(34-13-9-26(54)17-28(34)36)42(58)24-7-11-30(46)32(48)15-24/h6-20,37-38,53-54H,1-5H3,(H,49,55)(H,50,56)(H,59,60)(H,61,62)/t18-,19-,20?,37?,38?/m0/s1. The third kappa shape index (κ3) is 8.43. The second-order valence-corrected chi connectivity index (χ2v) is 16.5. The number of nitrogens with zero attached hydrogens (tertiary/aromatic N) is 2. The largest absolute Gasteiger partial charge is 0.508 e. The minimum atomic E-state index is -2.02. The Balaban J connectivity index is 1.35. The number of nitrogens with one attached hydrogen (secondary N) is 2. The van der Waals surface area contributed by atoms with Gasteiger partial charge in [0, 0.05) is 33.3 Å². The molecule has 0 radical (unpaired) electrons. The number of carbonyl (C=O) groups is 6. The SMILES string of the molecule is Cc1c([C@H](C)C(=O)NC(C(=O)O)C(NC(=O)[C@@H](C)c2c(C)n(C(=O)c3ccc(Cl)c(Cl)c3)c3ccc(O)cc23)C(C)C(=O)O)c2cc(O)ccc2n1C(=O)c1ccc(Cl)c(Cl)c1. The molecule has 14 nitrogen and oxygen atoms in total. The summed E-state index contributed by atoms with van der Waals surface area (Å²) in [6, 6.07) is 13.2. The lowest BCUT2D eigenvalue weighted by molar-refractivity contribution is -0.147. The maximum absolute atomic E-state index is 14.2. The Morgan fingerprint density at radius 1 is 0.548 bits per heavy atom. The fourth-order valence-corrected chi connectivity index (χ4v) is 8.38. The molecule has 322 valence electrons. The van der Waals surface area contributed by atoms with Crippen molar-refractivity contribution in [2.24, 2.45) is 5.92 Å². The van der Waals surface area contributed by atoms with Gasteiger partial charge in [0.15, 0.2) is 0 Å². The van der Waals surface area contributed by atoms with E-state index in [9.17, 15) is 49.2 Å². The van der Waals surface area contributed by atoms with Crippen molar-refractivity contribution in [1.29, 1.82) is 0 Å². The highest BCUT2D eigenvalue weighted by molar-refractivity contribution is 6.42. The first-order chi connectivity index (χ1) is 29.1. The number of aromatic hydroxyl groups is 2. The van der Waals surface area contributed by atoms with Gasteiger partial charge in [0.05, 0.1) is 54.9 Å². The van der Waals surface area contributed by atoms with Crippen LogP contribution in [0.1, 0.15) is 75.8 Å². The number of benzene rings is 4. The van der Waals surface area contributed by atoms with E-state index in [4.69, 9.17) is 46.4 Å². The van der Waals surface area contributed by atoms with Gasteiger partial charge in [-0.1, -0.05) is 46.4 Å². The minimum Gasteiger partial charge on any atom is -0.508 e. The summed E-state index contributed by atoms with van der Waals surface area (Å²) < 4.78 is 2.64. The number of carboxylic acids is 2. The maximum atomic E-state index is 14.2. The van der Waals surface area contributed by atoms with Gasteiger partial charge < -0.3 is 31.1 Å². The first-order valence-electron chi connectivity index (χ1n) is 18.9. The first kappa shape index (κ1) is 45.5.